The standard InChI is InChI=1S/C18H13N5O3/c19-9-10-22-12-14(16-3-1-2-4-17(16)22)11-20-21-18(24)13-5-7-15(8-6-13)23(25)26/h1-8,11-12H,10H2,(H,21,24). The fourth-order valence-electron chi connectivity index (χ4n) is 2.54. The van der Waals surface area contributed by atoms with E-state index in [9.17, 15) is 14.9 Å². The molecule has 0 unspecified atom stereocenters. The summed E-state index contributed by atoms with van der Waals surface area (Å²) in [7, 11) is 0. The van der Waals surface area contributed by atoms with Crippen LogP contribution in [0.1, 0.15) is 15.9 Å². The summed E-state index contributed by atoms with van der Waals surface area (Å²) in [6, 6.07) is 14.9. The Bertz CT molecular complexity index is 1040. The first-order valence-electron chi connectivity index (χ1n) is 7.63. The molecule has 3 aromatic rings. The number of nitro groups is 1. The van der Waals surface area contributed by atoms with E-state index >= 15 is 0 Å². The van der Waals surface area contributed by atoms with Crippen LogP contribution in [0.4, 0.5) is 5.69 Å². The second-order valence-corrected chi connectivity index (χ2v) is 5.39. The molecule has 0 radical (unpaired) electrons. The summed E-state index contributed by atoms with van der Waals surface area (Å²) in [6.07, 6.45) is 3.29. The fraction of sp³-hybridized carbons (Fsp3) is 0.0556. The minimum absolute atomic E-state index is 0.0876. The highest BCUT2D eigenvalue weighted by molar-refractivity contribution is 6.00. The lowest BCUT2D eigenvalue weighted by Crippen LogP contribution is -2.17. The summed E-state index contributed by atoms with van der Waals surface area (Å²) < 4.78 is 1.80. The van der Waals surface area contributed by atoms with Gasteiger partial charge in [0.1, 0.15) is 6.54 Å². The number of non-ortho nitro benzene ring substituents is 1. The molecule has 0 aliphatic heterocycles. The van der Waals surface area contributed by atoms with E-state index < -0.39 is 10.8 Å². The maximum absolute atomic E-state index is 12.0. The number of nitrogens with zero attached hydrogens (tertiary/aromatic N) is 4. The van der Waals surface area contributed by atoms with Gasteiger partial charge in [-0.1, -0.05) is 18.2 Å². The summed E-state index contributed by atoms with van der Waals surface area (Å²) in [4.78, 5) is 22.1. The molecule has 0 bridgehead atoms. The van der Waals surface area contributed by atoms with Crippen LogP contribution in [0.3, 0.4) is 0 Å². The molecular formula is C18H13N5O3. The molecule has 8 heteroatoms. The predicted octanol–water partition coefficient (Wildman–Crippen LogP) is 2.84. The van der Waals surface area contributed by atoms with Crippen molar-refractivity contribution in [3.8, 4) is 6.07 Å². The number of amides is 1. The molecule has 0 spiro atoms. The number of nitriles is 1. The van der Waals surface area contributed by atoms with Gasteiger partial charge in [0.15, 0.2) is 0 Å². The quantitative estimate of drug-likeness (QED) is 0.434. The number of nitrogens with one attached hydrogen (secondary N) is 1. The Morgan fingerprint density at radius 3 is 2.69 bits per heavy atom. The van der Waals surface area contributed by atoms with Crippen molar-refractivity contribution in [2.75, 3.05) is 0 Å². The number of hydrogen-bond donors (Lipinski definition) is 1. The number of nitro benzene ring substituents is 1. The molecule has 0 fully saturated rings. The van der Waals surface area contributed by atoms with Crippen molar-refractivity contribution >= 4 is 28.7 Å². The Labute approximate surface area is 148 Å². The van der Waals surface area contributed by atoms with Gasteiger partial charge in [-0.25, -0.2) is 5.43 Å². The van der Waals surface area contributed by atoms with E-state index in [4.69, 9.17) is 5.26 Å². The van der Waals surface area contributed by atoms with Crippen LogP contribution in [0, 0.1) is 21.4 Å². The lowest BCUT2D eigenvalue weighted by Gasteiger charge is -1.99. The molecule has 3 rings (SSSR count). The Morgan fingerprint density at radius 2 is 2.00 bits per heavy atom. The number of carbonyl (C=O) groups excluding carboxylic acids is 1. The monoisotopic (exact) mass is 347 g/mol. The third-order valence-electron chi connectivity index (χ3n) is 3.77. The van der Waals surface area contributed by atoms with Crippen molar-refractivity contribution < 1.29 is 9.72 Å². The molecular weight excluding hydrogens is 334 g/mol. The largest absolute Gasteiger partial charge is 0.333 e. The maximum Gasteiger partial charge on any atom is 0.271 e. The number of para-hydroxylation sites is 1. The van der Waals surface area contributed by atoms with Gasteiger partial charge >= 0.3 is 0 Å². The number of carbonyl (C=O) groups is 1. The average molecular weight is 347 g/mol. The number of aromatic nitrogens is 1. The molecule has 0 atom stereocenters. The van der Waals surface area contributed by atoms with Gasteiger partial charge in [-0.3, -0.25) is 14.9 Å². The van der Waals surface area contributed by atoms with E-state index in [1.165, 1.54) is 30.5 Å². The Kier molecular flexibility index (Phi) is 4.71. The van der Waals surface area contributed by atoms with Gasteiger partial charge in [0.25, 0.3) is 11.6 Å². The zero-order valence-corrected chi connectivity index (χ0v) is 13.5. The summed E-state index contributed by atoms with van der Waals surface area (Å²) in [6.45, 7) is 0.212. The number of rotatable bonds is 5. The molecule has 0 saturated heterocycles. The summed E-state index contributed by atoms with van der Waals surface area (Å²) in [5.41, 5.74) is 4.23. The van der Waals surface area contributed by atoms with Crippen LogP contribution in [-0.2, 0) is 6.54 Å². The summed E-state index contributed by atoms with van der Waals surface area (Å²) >= 11 is 0. The van der Waals surface area contributed by atoms with Crippen LogP contribution >= 0.6 is 0 Å². The molecule has 0 saturated carbocycles. The van der Waals surface area contributed by atoms with Crippen LogP contribution in [0.5, 0.6) is 0 Å². The third-order valence-corrected chi connectivity index (χ3v) is 3.77. The van der Waals surface area contributed by atoms with Crippen molar-refractivity contribution in [1.82, 2.24) is 9.99 Å². The number of hydrogen-bond acceptors (Lipinski definition) is 5. The Balaban J connectivity index is 1.76. The van der Waals surface area contributed by atoms with Crippen LogP contribution < -0.4 is 5.43 Å². The lowest BCUT2D eigenvalue weighted by atomic mass is 10.2. The SMILES string of the molecule is N#CCn1cc(C=NNC(=O)c2ccc([N+](=O)[O-])cc2)c2ccccc21. The summed E-state index contributed by atoms with van der Waals surface area (Å²) in [5.74, 6) is -0.475. The van der Waals surface area contributed by atoms with Crippen molar-refractivity contribution in [2.45, 2.75) is 6.54 Å². The molecule has 8 nitrogen and oxygen atoms in total. The normalized spacial score (nSPS) is 10.7. The van der Waals surface area contributed by atoms with Crippen LogP contribution in [0.15, 0.2) is 59.8 Å². The van der Waals surface area contributed by atoms with Crippen molar-refractivity contribution in [3.05, 3.63) is 76.0 Å². The number of hydrazone groups is 1. The first-order valence-corrected chi connectivity index (χ1v) is 7.63. The number of fused-ring (bicyclic) bond motifs is 1. The first-order chi connectivity index (χ1) is 12.6. The Morgan fingerprint density at radius 1 is 1.27 bits per heavy atom. The van der Waals surface area contributed by atoms with E-state index in [0.29, 0.717) is 0 Å². The third kappa shape index (κ3) is 3.42. The molecule has 0 aliphatic rings. The van der Waals surface area contributed by atoms with E-state index in [0.717, 1.165) is 16.5 Å². The molecule has 1 aromatic heterocycles. The zero-order chi connectivity index (χ0) is 18.5. The smallest absolute Gasteiger partial charge is 0.271 e. The highest BCUT2D eigenvalue weighted by atomic mass is 16.6. The van der Waals surface area contributed by atoms with Gasteiger partial charge in [-0.05, 0) is 18.2 Å². The van der Waals surface area contributed by atoms with E-state index in [1.54, 1.807) is 10.8 Å². The molecule has 26 heavy (non-hydrogen) atoms. The second-order valence-electron chi connectivity index (χ2n) is 5.39. The van der Waals surface area contributed by atoms with Crippen molar-refractivity contribution in [2.24, 2.45) is 5.10 Å². The minimum Gasteiger partial charge on any atom is -0.333 e. The van der Waals surface area contributed by atoms with Crippen LogP contribution in [0.2, 0.25) is 0 Å². The highest BCUT2D eigenvalue weighted by Crippen LogP contribution is 2.19. The van der Waals surface area contributed by atoms with Crippen LogP contribution in [0.25, 0.3) is 10.9 Å². The topological polar surface area (TPSA) is 113 Å². The van der Waals surface area contributed by atoms with Gasteiger partial charge in [-0.2, -0.15) is 10.4 Å². The highest BCUT2D eigenvalue weighted by Gasteiger charge is 2.09. The molecule has 1 N–H and O–H groups in total. The van der Waals surface area contributed by atoms with E-state index in [2.05, 4.69) is 16.6 Å². The van der Waals surface area contributed by atoms with E-state index in [1.807, 2.05) is 24.3 Å². The maximum atomic E-state index is 12.0. The van der Waals surface area contributed by atoms with Crippen molar-refractivity contribution in [1.29, 1.82) is 5.26 Å². The van der Waals surface area contributed by atoms with Gasteiger partial charge in [0, 0.05) is 40.4 Å². The summed E-state index contributed by atoms with van der Waals surface area (Å²) in [5, 5.41) is 24.4. The Hall–Kier alpha value is -3.99. The van der Waals surface area contributed by atoms with Gasteiger partial charge in [-0.15, -0.1) is 0 Å². The molecule has 2 aromatic carbocycles. The van der Waals surface area contributed by atoms with Crippen molar-refractivity contribution in [3.63, 3.8) is 0 Å². The van der Waals surface area contributed by atoms with Gasteiger partial charge in [0.05, 0.1) is 17.2 Å². The van der Waals surface area contributed by atoms with E-state index in [-0.39, 0.29) is 17.8 Å². The number of benzene rings is 2. The molecule has 128 valence electrons. The van der Waals surface area contributed by atoms with Gasteiger partial charge in [0.2, 0.25) is 0 Å². The zero-order valence-electron chi connectivity index (χ0n) is 13.5. The van der Waals surface area contributed by atoms with Crippen LogP contribution in [-0.4, -0.2) is 21.6 Å². The van der Waals surface area contributed by atoms with Gasteiger partial charge < -0.3 is 4.57 Å². The molecule has 1 amide bonds. The minimum atomic E-state index is -0.531. The fourth-order valence-corrected chi connectivity index (χ4v) is 2.54. The second kappa shape index (κ2) is 7.27. The average Bonchev–Trinajstić information content (AvgIpc) is 3.00. The molecule has 0 aliphatic carbocycles. The lowest BCUT2D eigenvalue weighted by molar-refractivity contribution is -0.384. The molecule has 1 heterocycles. The predicted molar refractivity (Wildman–Crippen MR) is 95.7 cm³/mol. The first kappa shape index (κ1) is 16.9.